The van der Waals surface area contributed by atoms with Crippen molar-refractivity contribution < 1.29 is 14.5 Å². The van der Waals surface area contributed by atoms with E-state index in [-0.39, 0.29) is 27.3 Å². The van der Waals surface area contributed by atoms with Crippen LogP contribution >= 0.6 is 23.8 Å². The lowest BCUT2D eigenvalue weighted by Crippen LogP contribution is -2.34. The van der Waals surface area contributed by atoms with Crippen molar-refractivity contribution in [1.29, 1.82) is 0 Å². The summed E-state index contributed by atoms with van der Waals surface area (Å²) in [5.74, 6) is -0.558. The molecule has 8 nitrogen and oxygen atoms in total. The van der Waals surface area contributed by atoms with Crippen LogP contribution in [0.2, 0.25) is 5.15 Å². The quantitative estimate of drug-likeness (QED) is 0.371. The van der Waals surface area contributed by atoms with Gasteiger partial charge in [-0.2, -0.15) is 0 Å². The first-order valence-corrected chi connectivity index (χ1v) is 7.26. The van der Waals surface area contributed by atoms with E-state index in [0.717, 1.165) is 6.07 Å². The van der Waals surface area contributed by atoms with Gasteiger partial charge in [-0.15, -0.1) is 0 Å². The number of hydrogen-bond acceptors (Lipinski definition) is 6. The third-order valence-corrected chi connectivity index (χ3v) is 3.38. The average molecular weight is 367 g/mol. The van der Waals surface area contributed by atoms with Crippen LogP contribution in [0.4, 0.5) is 11.4 Å². The molecule has 0 atom stereocenters. The topological polar surface area (TPSA) is 106 Å². The number of aromatic nitrogens is 1. The number of nitro benzene ring substituents is 1. The third kappa shape index (κ3) is 4.15. The molecule has 0 fully saturated rings. The fraction of sp³-hybridized carbons (Fsp3) is 0.0714. The zero-order valence-electron chi connectivity index (χ0n) is 12.3. The van der Waals surface area contributed by atoms with Crippen LogP contribution in [0.5, 0.6) is 5.75 Å². The number of anilines is 1. The number of methoxy groups -OCH3 is 1. The van der Waals surface area contributed by atoms with Gasteiger partial charge in [-0.25, -0.2) is 4.98 Å². The molecule has 1 amide bonds. The Morgan fingerprint density at radius 2 is 2.17 bits per heavy atom. The van der Waals surface area contributed by atoms with Crippen molar-refractivity contribution in [2.45, 2.75) is 0 Å². The molecule has 2 rings (SSSR count). The van der Waals surface area contributed by atoms with Crippen LogP contribution in [0.3, 0.4) is 0 Å². The lowest BCUT2D eigenvalue weighted by molar-refractivity contribution is -0.385. The number of carbonyl (C=O) groups excluding carboxylic acids is 1. The monoisotopic (exact) mass is 366 g/mol. The van der Waals surface area contributed by atoms with Crippen LogP contribution in [-0.4, -0.2) is 28.0 Å². The van der Waals surface area contributed by atoms with Crippen molar-refractivity contribution in [3.63, 3.8) is 0 Å². The summed E-state index contributed by atoms with van der Waals surface area (Å²) in [7, 11) is 1.30. The molecule has 24 heavy (non-hydrogen) atoms. The number of pyridine rings is 1. The van der Waals surface area contributed by atoms with E-state index < -0.39 is 10.8 Å². The second-order valence-electron chi connectivity index (χ2n) is 4.39. The first kappa shape index (κ1) is 17.6. The highest BCUT2D eigenvalue weighted by Crippen LogP contribution is 2.27. The molecule has 0 aliphatic carbocycles. The number of thiocarbonyl (C=S) groups is 1. The molecule has 1 aromatic heterocycles. The van der Waals surface area contributed by atoms with Gasteiger partial charge in [0.25, 0.3) is 5.91 Å². The number of ether oxygens (including phenoxy) is 1. The van der Waals surface area contributed by atoms with Crippen LogP contribution in [0.1, 0.15) is 10.4 Å². The molecule has 1 aromatic carbocycles. The van der Waals surface area contributed by atoms with Crippen LogP contribution < -0.4 is 15.4 Å². The Kier molecular flexibility index (Phi) is 5.61. The van der Waals surface area contributed by atoms with Crippen LogP contribution in [0, 0.1) is 10.1 Å². The summed E-state index contributed by atoms with van der Waals surface area (Å²) < 4.78 is 4.88. The molecular formula is C14H11ClN4O4S. The van der Waals surface area contributed by atoms with Gasteiger partial charge in [-0.3, -0.25) is 20.2 Å². The fourth-order valence-electron chi connectivity index (χ4n) is 1.78. The zero-order chi connectivity index (χ0) is 17.7. The maximum Gasteiger partial charge on any atom is 0.311 e. The SMILES string of the molecule is COc1ccc(C(=O)NC(=S)Nc2cccnc2Cl)cc1[N+](=O)[O-]. The van der Waals surface area contributed by atoms with Gasteiger partial charge in [0.1, 0.15) is 0 Å². The van der Waals surface area contributed by atoms with E-state index in [4.69, 9.17) is 28.6 Å². The summed E-state index contributed by atoms with van der Waals surface area (Å²) in [5, 5.41) is 16.3. The van der Waals surface area contributed by atoms with E-state index in [2.05, 4.69) is 15.6 Å². The molecule has 124 valence electrons. The Morgan fingerprint density at radius 1 is 1.42 bits per heavy atom. The van der Waals surface area contributed by atoms with Gasteiger partial charge in [0.15, 0.2) is 16.0 Å². The van der Waals surface area contributed by atoms with Gasteiger partial charge >= 0.3 is 5.69 Å². The van der Waals surface area contributed by atoms with Gasteiger partial charge in [0.05, 0.1) is 17.7 Å². The van der Waals surface area contributed by atoms with Crippen LogP contribution in [0.25, 0.3) is 0 Å². The Balaban J connectivity index is 2.12. The molecule has 2 aromatic rings. The van der Waals surface area contributed by atoms with Gasteiger partial charge in [0.2, 0.25) is 0 Å². The number of carbonyl (C=O) groups is 1. The van der Waals surface area contributed by atoms with Gasteiger partial charge in [-0.05, 0) is 36.5 Å². The predicted octanol–water partition coefficient (Wildman–Crippen LogP) is 2.78. The number of benzene rings is 1. The largest absolute Gasteiger partial charge is 0.490 e. The molecular weight excluding hydrogens is 356 g/mol. The number of rotatable bonds is 4. The molecule has 10 heteroatoms. The Labute approximate surface area is 146 Å². The fourth-order valence-corrected chi connectivity index (χ4v) is 2.15. The molecule has 2 N–H and O–H groups in total. The molecule has 0 unspecified atom stereocenters. The molecule has 0 saturated heterocycles. The number of amides is 1. The van der Waals surface area contributed by atoms with E-state index in [0.29, 0.717) is 5.69 Å². The minimum atomic E-state index is -0.637. The minimum Gasteiger partial charge on any atom is -0.490 e. The van der Waals surface area contributed by atoms with Gasteiger partial charge in [-0.1, -0.05) is 11.6 Å². The Bertz CT molecular complexity index is 815. The van der Waals surface area contributed by atoms with Crippen molar-refractivity contribution in [1.82, 2.24) is 10.3 Å². The number of halogens is 1. The lowest BCUT2D eigenvalue weighted by Gasteiger charge is -2.10. The van der Waals surface area contributed by atoms with E-state index in [1.54, 1.807) is 12.1 Å². The molecule has 0 saturated carbocycles. The summed E-state index contributed by atoms with van der Waals surface area (Å²) in [4.78, 5) is 26.4. The van der Waals surface area contributed by atoms with Crippen LogP contribution in [-0.2, 0) is 0 Å². The normalized spacial score (nSPS) is 9.92. The minimum absolute atomic E-state index is 0.0200. The van der Waals surface area contributed by atoms with Crippen molar-refractivity contribution >= 4 is 46.2 Å². The highest BCUT2D eigenvalue weighted by molar-refractivity contribution is 7.80. The van der Waals surface area contributed by atoms with Crippen LogP contribution in [0.15, 0.2) is 36.5 Å². The number of nitrogens with zero attached hydrogens (tertiary/aromatic N) is 2. The average Bonchev–Trinajstić information content (AvgIpc) is 2.56. The van der Waals surface area contributed by atoms with Crippen molar-refractivity contribution in [2.24, 2.45) is 0 Å². The number of nitro groups is 1. The van der Waals surface area contributed by atoms with E-state index >= 15 is 0 Å². The molecule has 0 aliphatic heterocycles. The van der Waals surface area contributed by atoms with Crippen molar-refractivity contribution in [3.8, 4) is 5.75 Å². The van der Waals surface area contributed by atoms with E-state index in [9.17, 15) is 14.9 Å². The maximum absolute atomic E-state index is 12.2. The first-order chi connectivity index (χ1) is 11.4. The summed E-state index contributed by atoms with van der Waals surface area (Å²) >= 11 is 10.9. The summed E-state index contributed by atoms with van der Waals surface area (Å²) in [6.07, 6.45) is 1.51. The summed E-state index contributed by atoms with van der Waals surface area (Å²) in [6.45, 7) is 0. The standard InChI is InChI=1S/C14H11ClN4O4S/c1-23-11-5-4-8(7-10(11)19(21)22)13(20)18-14(24)17-9-3-2-6-16-12(9)15/h2-7H,1H3,(H2,17,18,20,24). The lowest BCUT2D eigenvalue weighted by atomic mass is 10.2. The van der Waals surface area contributed by atoms with Gasteiger partial charge < -0.3 is 10.1 Å². The van der Waals surface area contributed by atoms with Crippen molar-refractivity contribution in [2.75, 3.05) is 12.4 Å². The molecule has 0 radical (unpaired) electrons. The zero-order valence-corrected chi connectivity index (χ0v) is 13.9. The van der Waals surface area contributed by atoms with E-state index in [1.807, 2.05) is 0 Å². The molecule has 1 heterocycles. The highest BCUT2D eigenvalue weighted by Gasteiger charge is 2.18. The predicted molar refractivity (Wildman–Crippen MR) is 92.6 cm³/mol. The smallest absolute Gasteiger partial charge is 0.311 e. The number of hydrogen-bond donors (Lipinski definition) is 2. The Morgan fingerprint density at radius 3 is 2.79 bits per heavy atom. The van der Waals surface area contributed by atoms with E-state index in [1.165, 1.54) is 25.4 Å². The molecule has 0 aliphatic rings. The number of nitrogens with one attached hydrogen (secondary N) is 2. The maximum atomic E-state index is 12.2. The summed E-state index contributed by atoms with van der Waals surface area (Å²) in [6, 6.07) is 7.10. The second-order valence-corrected chi connectivity index (χ2v) is 5.16. The van der Waals surface area contributed by atoms with Gasteiger partial charge in [0, 0.05) is 17.8 Å². The molecule has 0 spiro atoms. The third-order valence-electron chi connectivity index (χ3n) is 2.87. The molecule has 0 bridgehead atoms. The summed E-state index contributed by atoms with van der Waals surface area (Å²) in [5.41, 5.74) is 0.161. The Hall–Kier alpha value is -2.78. The second kappa shape index (κ2) is 7.66. The van der Waals surface area contributed by atoms with Crippen molar-refractivity contribution in [3.05, 3.63) is 57.4 Å². The first-order valence-electron chi connectivity index (χ1n) is 6.47. The highest BCUT2D eigenvalue weighted by atomic mass is 35.5.